The third kappa shape index (κ3) is 22.0. The van der Waals surface area contributed by atoms with Crippen LogP contribution in [0, 0.1) is 30.6 Å². The monoisotopic (exact) mass is 1500 g/mol. The molecule has 7 rings (SSSR count). The summed E-state index contributed by atoms with van der Waals surface area (Å²) in [4.78, 5) is 102. The molecule has 0 aliphatic carbocycles. The molecule has 0 unspecified atom stereocenters. The number of hydrogen-bond acceptors (Lipinski definition) is 21. The highest BCUT2D eigenvalue weighted by Gasteiger charge is 2.53. The van der Waals surface area contributed by atoms with Crippen molar-refractivity contribution in [2.24, 2.45) is 23.7 Å². The molecule has 590 valence electrons. The smallest absolute Gasteiger partial charge is 0.311 e. The Balaban J connectivity index is 1.02. The standard InChI is InChI=1S/C78H117ClN8O19/c1-18-61-78(13,99)68(92)49(9)86(42-44(4)38-76(11,98)70(106-75-66(91)60(85(14)15)34-45(5)102-75)46(6)67(47(7)74(97)104-61)105-65-39-77(12,101-17)69(93)50(10)103-65)32-22-31-80-63(89)40-82-71(94)57(33-43(2)3)84-72(95)58(35-51-23-20-19-21-24-51)83-64(90)41-81-62(88)37-55-48(8)87(59-30-29-54(100-16)36-56(55)59)73(96)52-25-27-53(79)28-26-52/h19-21,23-30,36,43-47,49-50,57-58,60-61,65-70,75,91-93,98-99H,18,22,31-35,37-42H2,1-17H3,(H,80,89)(H,81,88)(H,82,94)(H,83,90)(H,84,95)/t44-,45-,46+,47-,49-,50+,57+,58+,60+,61-,65+,66-,67+,68-,69+,70-,75+,76-,77-,78-/m1/s1. The van der Waals surface area contributed by atoms with E-state index in [9.17, 15) is 59.1 Å². The second-order valence-corrected chi connectivity index (χ2v) is 31.1. The topological polar surface area (TPSA) is 357 Å². The van der Waals surface area contributed by atoms with Crippen molar-refractivity contribution in [3.05, 3.63) is 100 Å². The van der Waals surface area contributed by atoms with Gasteiger partial charge in [0.2, 0.25) is 29.5 Å². The highest BCUT2D eigenvalue weighted by molar-refractivity contribution is 6.30. The molecule has 0 bridgehead atoms. The van der Waals surface area contributed by atoms with Crippen LogP contribution >= 0.6 is 11.6 Å². The first-order valence-corrected chi connectivity index (χ1v) is 37.4. The molecule has 3 fully saturated rings. The number of nitrogens with one attached hydrogen (secondary N) is 5. The molecule has 27 nitrogen and oxygen atoms in total. The van der Waals surface area contributed by atoms with E-state index in [1.54, 1.807) is 128 Å². The SMILES string of the molecule is CC[C@H]1OC(=O)[C@H](C)[C@@H](O[C@H]2C[C@@](C)(OC)[C@@H](O)[C@H](C)O2)[C@H](C)[C@@H](O[C@@H]2O[C@H](C)C[C@H](N(C)C)[C@H]2O)[C@](C)(O)C[C@@H](C)CN(CCCNC(=O)CNC(=O)[C@H](CC(C)C)NC(=O)[C@H](Cc2ccccc2)NC(=O)CNC(=O)Cc2c(C)n(C(=O)c3ccc(Cl)cc3)c3ccc(OC)cc23)[C@H](C)[C@@H](O)[C@]1(C)O. The van der Waals surface area contributed by atoms with E-state index < -0.39 is 157 Å². The summed E-state index contributed by atoms with van der Waals surface area (Å²) < 4.78 is 45.3. The van der Waals surface area contributed by atoms with Crippen LogP contribution < -0.4 is 31.3 Å². The number of carbonyl (C=O) groups excluding carboxylic acids is 7. The minimum atomic E-state index is -2.04. The summed E-state index contributed by atoms with van der Waals surface area (Å²) in [7, 11) is 6.68. The van der Waals surface area contributed by atoms with Crippen LogP contribution in [-0.4, -0.2) is 245 Å². The van der Waals surface area contributed by atoms with Crippen LogP contribution in [0.2, 0.25) is 5.02 Å². The third-order valence-corrected chi connectivity index (χ3v) is 21.5. The largest absolute Gasteiger partial charge is 0.497 e. The van der Waals surface area contributed by atoms with Gasteiger partial charge < -0.3 is 90.2 Å². The minimum Gasteiger partial charge on any atom is -0.497 e. The van der Waals surface area contributed by atoms with E-state index in [2.05, 4.69) is 26.6 Å². The Labute approximate surface area is 628 Å². The maximum absolute atomic E-state index is 14.8. The van der Waals surface area contributed by atoms with Gasteiger partial charge in [-0.2, -0.15) is 0 Å². The van der Waals surface area contributed by atoms with Crippen LogP contribution in [0.15, 0.2) is 72.8 Å². The lowest BCUT2D eigenvalue weighted by Crippen LogP contribution is -2.60. The normalized spacial score (nSPS) is 30.7. The second kappa shape index (κ2) is 38.1. The molecule has 3 aliphatic heterocycles. The third-order valence-electron chi connectivity index (χ3n) is 21.3. The second-order valence-electron chi connectivity index (χ2n) is 30.7. The number of halogens is 1. The van der Waals surface area contributed by atoms with Crippen LogP contribution in [0.3, 0.4) is 0 Å². The molecule has 3 saturated heterocycles. The number of cyclic esters (lactones) is 1. The Morgan fingerprint density at radius 2 is 1.46 bits per heavy atom. The maximum atomic E-state index is 14.8. The van der Waals surface area contributed by atoms with Gasteiger partial charge in [0.25, 0.3) is 5.91 Å². The van der Waals surface area contributed by atoms with Gasteiger partial charge in [-0.15, -0.1) is 0 Å². The highest BCUT2D eigenvalue weighted by atomic mass is 35.5. The highest BCUT2D eigenvalue weighted by Crippen LogP contribution is 2.41. The fourth-order valence-electron chi connectivity index (χ4n) is 15.2. The number of aliphatic hydroxyl groups is 5. The molecule has 20 atom stereocenters. The van der Waals surface area contributed by atoms with Crippen LogP contribution in [0.5, 0.6) is 5.75 Å². The lowest BCUT2D eigenvalue weighted by molar-refractivity contribution is -0.318. The fourth-order valence-corrected chi connectivity index (χ4v) is 15.4. The molecule has 3 aliphatic rings. The number of amides is 5. The first kappa shape index (κ1) is 86.5. The number of carbonyl (C=O) groups is 7. The molecule has 4 heterocycles. The van der Waals surface area contributed by atoms with Crippen LogP contribution in [0.4, 0.5) is 0 Å². The number of benzene rings is 3. The zero-order valence-corrected chi connectivity index (χ0v) is 65.4. The number of esters is 1. The Bertz CT molecular complexity index is 3600. The Morgan fingerprint density at radius 1 is 0.792 bits per heavy atom. The molecular formula is C78H117ClN8O19. The van der Waals surface area contributed by atoms with E-state index in [1.165, 1.54) is 25.7 Å². The van der Waals surface area contributed by atoms with Crippen LogP contribution in [0.1, 0.15) is 149 Å². The Morgan fingerprint density at radius 3 is 2.09 bits per heavy atom. The Hall–Kier alpha value is -6.70. The molecule has 1 aromatic heterocycles. The van der Waals surface area contributed by atoms with E-state index >= 15 is 0 Å². The molecule has 5 amide bonds. The molecule has 0 spiro atoms. The zero-order chi connectivity index (χ0) is 78.4. The first-order chi connectivity index (χ1) is 49.8. The predicted molar refractivity (Wildman–Crippen MR) is 398 cm³/mol. The van der Waals surface area contributed by atoms with Gasteiger partial charge in [-0.1, -0.05) is 76.6 Å². The molecular weight excluding hydrogens is 1390 g/mol. The summed E-state index contributed by atoms with van der Waals surface area (Å²) in [5.74, 6) is -6.35. The van der Waals surface area contributed by atoms with Crippen molar-refractivity contribution in [1.29, 1.82) is 0 Å². The van der Waals surface area contributed by atoms with Crippen molar-refractivity contribution in [3.63, 3.8) is 0 Å². The van der Waals surface area contributed by atoms with E-state index in [0.717, 1.165) is 0 Å². The Kier molecular flexibility index (Phi) is 31.1. The van der Waals surface area contributed by atoms with Crippen molar-refractivity contribution < 1.29 is 92.3 Å². The molecule has 28 heteroatoms. The van der Waals surface area contributed by atoms with Gasteiger partial charge >= 0.3 is 5.97 Å². The van der Waals surface area contributed by atoms with Crippen molar-refractivity contribution in [2.75, 3.05) is 61.0 Å². The van der Waals surface area contributed by atoms with Crippen molar-refractivity contribution in [1.82, 2.24) is 41.0 Å². The van der Waals surface area contributed by atoms with Gasteiger partial charge in [0.05, 0.1) is 73.7 Å². The number of ether oxygens (including phenoxy) is 7. The van der Waals surface area contributed by atoms with Gasteiger partial charge in [-0.25, -0.2) is 0 Å². The molecule has 10 N–H and O–H groups in total. The summed E-state index contributed by atoms with van der Waals surface area (Å²) in [5.41, 5.74) is -2.30. The number of aromatic nitrogens is 1. The predicted octanol–water partition coefficient (Wildman–Crippen LogP) is 5.12. The molecule has 0 saturated carbocycles. The number of nitrogens with zero attached hydrogens (tertiary/aromatic N) is 3. The zero-order valence-electron chi connectivity index (χ0n) is 64.7. The van der Waals surface area contributed by atoms with Gasteiger partial charge in [-0.05, 0) is 167 Å². The van der Waals surface area contributed by atoms with Gasteiger partial charge in [0.15, 0.2) is 12.6 Å². The average Bonchev–Trinajstić information content (AvgIpc) is 1.59. The molecule has 3 aromatic carbocycles. The van der Waals surface area contributed by atoms with Crippen molar-refractivity contribution >= 4 is 63.9 Å². The van der Waals surface area contributed by atoms with Crippen LogP contribution in [0.25, 0.3) is 10.9 Å². The van der Waals surface area contributed by atoms with E-state index in [-0.39, 0.29) is 88.6 Å². The van der Waals surface area contributed by atoms with E-state index in [1.807, 2.05) is 51.6 Å². The number of fused-ring (bicyclic) bond motifs is 1. The number of likely N-dealkylation sites (N-methyl/N-ethyl adjacent to an activating group) is 1. The van der Waals surface area contributed by atoms with Crippen molar-refractivity contribution in [2.45, 2.75) is 244 Å². The van der Waals surface area contributed by atoms with Gasteiger partial charge in [0.1, 0.15) is 47.9 Å². The fraction of sp³-hybridized carbons (Fsp3) is 0.654. The number of hydrogen-bond donors (Lipinski definition) is 10. The number of aliphatic hydroxyl groups excluding tert-OH is 3. The molecule has 4 aromatic rings. The first-order valence-electron chi connectivity index (χ1n) is 37.0. The summed E-state index contributed by atoms with van der Waals surface area (Å²) >= 11 is 6.12. The quantitative estimate of drug-likeness (QED) is 0.0273. The summed E-state index contributed by atoms with van der Waals surface area (Å²) in [6, 6.07) is 17.0. The van der Waals surface area contributed by atoms with Crippen LogP contribution in [-0.2, 0) is 70.0 Å². The number of methoxy groups -OCH3 is 2. The molecule has 0 radical (unpaired) electrons. The maximum Gasteiger partial charge on any atom is 0.311 e. The van der Waals surface area contributed by atoms with E-state index in [0.29, 0.717) is 50.5 Å². The number of rotatable bonds is 27. The summed E-state index contributed by atoms with van der Waals surface area (Å²) in [6.07, 6.45) is -9.90. The average molecular weight is 1510 g/mol. The minimum absolute atomic E-state index is 0.0136. The lowest BCUT2D eigenvalue weighted by atomic mass is 9.77. The lowest BCUT2D eigenvalue weighted by Gasteiger charge is -2.48. The van der Waals surface area contributed by atoms with E-state index in [4.69, 9.17) is 44.8 Å². The molecule has 106 heavy (non-hydrogen) atoms. The summed E-state index contributed by atoms with van der Waals surface area (Å²) in [5, 5.41) is 75.7. The van der Waals surface area contributed by atoms with Gasteiger partial charge in [0, 0.05) is 79.3 Å². The summed E-state index contributed by atoms with van der Waals surface area (Å²) in [6.45, 7) is 22.0. The van der Waals surface area contributed by atoms with Crippen molar-refractivity contribution in [3.8, 4) is 5.75 Å². The van der Waals surface area contributed by atoms with Gasteiger partial charge in [-0.3, -0.25) is 43.0 Å².